The normalized spacial score (nSPS) is 13.0. The predicted molar refractivity (Wildman–Crippen MR) is 105 cm³/mol. The third-order valence-corrected chi connectivity index (χ3v) is 5.38. The molecule has 1 aromatic heterocycles. The Balaban J connectivity index is 1.49. The number of benzene rings is 2. The van der Waals surface area contributed by atoms with E-state index in [0.717, 1.165) is 0 Å². The molecule has 148 valence electrons. The molecule has 0 radical (unpaired) electrons. The third-order valence-electron chi connectivity index (χ3n) is 4.48. The minimum absolute atomic E-state index is 0.249. The van der Waals surface area contributed by atoms with Crippen LogP contribution >= 0.6 is 11.8 Å². The molecule has 1 aliphatic rings. The van der Waals surface area contributed by atoms with E-state index in [1.165, 1.54) is 21.3 Å². The van der Waals surface area contributed by atoms with Gasteiger partial charge in [0.15, 0.2) is 0 Å². The highest BCUT2D eigenvalue weighted by atomic mass is 32.2. The molecule has 2 aromatic carbocycles. The Morgan fingerprint density at radius 3 is 2.38 bits per heavy atom. The minimum atomic E-state index is -0.278. The van der Waals surface area contributed by atoms with Crippen molar-refractivity contribution in [2.45, 2.75) is 5.16 Å². The standard InChI is InChI=1S/C19H17N5O4S/c1-27-12-7-8-16(28-2)15(11-12)24-19(20-21-22-24)29-10-9-23-17(25)13-5-3-4-6-14(13)18(23)26/h3-8,11H,9-10H2,1-2H3. The molecule has 10 heteroatoms. The number of aromatic nitrogens is 4. The van der Waals surface area contributed by atoms with Gasteiger partial charge in [-0.15, -0.1) is 5.10 Å². The van der Waals surface area contributed by atoms with Crippen molar-refractivity contribution < 1.29 is 19.1 Å². The number of carbonyl (C=O) groups excluding carboxylic acids is 2. The maximum atomic E-state index is 12.5. The fourth-order valence-corrected chi connectivity index (χ4v) is 3.86. The highest BCUT2D eigenvalue weighted by molar-refractivity contribution is 7.99. The SMILES string of the molecule is COc1ccc(OC)c(-n2nnnc2SCCN2C(=O)c3ccccc3C2=O)c1. The molecule has 2 heterocycles. The average molecular weight is 411 g/mol. The van der Waals surface area contributed by atoms with Gasteiger partial charge in [-0.2, -0.15) is 4.68 Å². The number of hydrogen-bond donors (Lipinski definition) is 0. The smallest absolute Gasteiger partial charge is 0.261 e. The molecule has 0 saturated carbocycles. The number of imide groups is 1. The van der Waals surface area contributed by atoms with E-state index in [1.54, 1.807) is 56.7 Å². The first-order valence-corrected chi connectivity index (χ1v) is 9.71. The first-order chi connectivity index (χ1) is 14.1. The molecule has 0 N–H and O–H groups in total. The zero-order chi connectivity index (χ0) is 20.4. The molecule has 0 unspecified atom stereocenters. The molecule has 0 fully saturated rings. The second-order valence-electron chi connectivity index (χ2n) is 6.07. The van der Waals surface area contributed by atoms with Gasteiger partial charge in [0.1, 0.15) is 17.2 Å². The van der Waals surface area contributed by atoms with Crippen LogP contribution in [0.3, 0.4) is 0 Å². The van der Waals surface area contributed by atoms with Crippen molar-refractivity contribution in [2.75, 3.05) is 26.5 Å². The summed E-state index contributed by atoms with van der Waals surface area (Å²) in [6.07, 6.45) is 0. The predicted octanol–water partition coefficient (Wildman–Crippen LogP) is 2.07. The minimum Gasteiger partial charge on any atom is -0.497 e. The second-order valence-corrected chi connectivity index (χ2v) is 7.13. The summed E-state index contributed by atoms with van der Waals surface area (Å²) in [5.74, 6) is 1.11. The summed E-state index contributed by atoms with van der Waals surface area (Å²) in [6, 6.07) is 12.1. The first-order valence-electron chi connectivity index (χ1n) is 8.73. The van der Waals surface area contributed by atoms with Crippen molar-refractivity contribution in [3.8, 4) is 17.2 Å². The van der Waals surface area contributed by atoms with Gasteiger partial charge in [-0.05, 0) is 34.7 Å². The molecule has 4 rings (SSSR count). The summed E-state index contributed by atoms with van der Waals surface area (Å²) in [7, 11) is 3.13. The van der Waals surface area contributed by atoms with E-state index in [1.807, 2.05) is 0 Å². The number of carbonyl (C=O) groups is 2. The Hall–Kier alpha value is -3.40. The number of ether oxygens (including phenoxy) is 2. The van der Waals surface area contributed by atoms with Crippen LogP contribution in [0.5, 0.6) is 11.5 Å². The highest BCUT2D eigenvalue weighted by Gasteiger charge is 2.34. The van der Waals surface area contributed by atoms with Crippen molar-refractivity contribution in [1.82, 2.24) is 25.1 Å². The molecule has 0 bridgehead atoms. The maximum Gasteiger partial charge on any atom is 0.261 e. The highest BCUT2D eigenvalue weighted by Crippen LogP contribution is 2.30. The number of rotatable bonds is 7. The lowest BCUT2D eigenvalue weighted by Crippen LogP contribution is -2.31. The Bertz CT molecular complexity index is 1050. The van der Waals surface area contributed by atoms with Crippen LogP contribution in [0.25, 0.3) is 5.69 Å². The van der Waals surface area contributed by atoms with Crippen LogP contribution < -0.4 is 9.47 Å². The van der Waals surface area contributed by atoms with E-state index < -0.39 is 0 Å². The number of nitrogens with zero attached hydrogens (tertiary/aromatic N) is 5. The monoisotopic (exact) mass is 411 g/mol. The summed E-state index contributed by atoms with van der Waals surface area (Å²) in [5.41, 5.74) is 1.50. The number of fused-ring (bicyclic) bond motifs is 1. The lowest BCUT2D eigenvalue weighted by molar-refractivity contribution is 0.0664. The van der Waals surface area contributed by atoms with Gasteiger partial charge < -0.3 is 9.47 Å². The number of thioether (sulfide) groups is 1. The van der Waals surface area contributed by atoms with Crippen LogP contribution in [0.15, 0.2) is 47.6 Å². The van der Waals surface area contributed by atoms with Gasteiger partial charge in [-0.25, -0.2) is 0 Å². The Labute approximate surface area is 170 Å². The third kappa shape index (κ3) is 3.42. The topological polar surface area (TPSA) is 99.4 Å². The Morgan fingerprint density at radius 2 is 1.72 bits per heavy atom. The van der Waals surface area contributed by atoms with Crippen molar-refractivity contribution in [2.24, 2.45) is 0 Å². The maximum absolute atomic E-state index is 12.5. The summed E-state index contributed by atoms with van der Waals surface area (Å²) in [6.45, 7) is 0.249. The Morgan fingerprint density at radius 1 is 1.00 bits per heavy atom. The van der Waals surface area contributed by atoms with Crippen molar-refractivity contribution in [3.63, 3.8) is 0 Å². The van der Waals surface area contributed by atoms with E-state index in [4.69, 9.17) is 9.47 Å². The second kappa shape index (κ2) is 7.92. The summed E-state index contributed by atoms with van der Waals surface area (Å²) in [4.78, 5) is 26.2. The zero-order valence-electron chi connectivity index (χ0n) is 15.7. The van der Waals surface area contributed by atoms with E-state index in [-0.39, 0.29) is 18.4 Å². The van der Waals surface area contributed by atoms with Gasteiger partial charge >= 0.3 is 0 Å². The van der Waals surface area contributed by atoms with Crippen molar-refractivity contribution in [3.05, 3.63) is 53.6 Å². The number of methoxy groups -OCH3 is 2. The largest absolute Gasteiger partial charge is 0.497 e. The molecule has 0 atom stereocenters. The van der Waals surface area contributed by atoms with Crippen LogP contribution in [0.1, 0.15) is 20.7 Å². The van der Waals surface area contributed by atoms with Crippen LogP contribution in [0, 0.1) is 0 Å². The fraction of sp³-hybridized carbons (Fsp3) is 0.211. The molecular formula is C19H17N5O4S. The molecule has 2 amide bonds. The van der Waals surface area contributed by atoms with Crippen LogP contribution in [-0.4, -0.2) is 63.4 Å². The van der Waals surface area contributed by atoms with Gasteiger partial charge in [-0.3, -0.25) is 14.5 Å². The molecule has 1 aliphatic heterocycles. The quantitative estimate of drug-likeness (QED) is 0.430. The molecule has 0 spiro atoms. The van der Waals surface area contributed by atoms with Crippen molar-refractivity contribution in [1.29, 1.82) is 0 Å². The van der Waals surface area contributed by atoms with Crippen LogP contribution in [0.4, 0.5) is 0 Å². The van der Waals surface area contributed by atoms with Crippen LogP contribution in [0.2, 0.25) is 0 Å². The Kier molecular flexibility index (Phi) is 5.17. The van der Waals surface area contributed by atoms with E-state index in [9.17, 15) is 9.59 Å². The molecule has 3 aromatic rings. The van der Waals surface area contributed by atoms with E-state index >= 15 is 0 Å². The molecule has 29 heavy (non-hydrogen) atoms. The number of amides is 2. The zero-order valence-corrected chi connectivity index (χ0v) is 16.5. The van der Waals surface area contributed by atoms with Gasteiger partial charge in [0, 0.05) is 18.4 Å². The van der Waals surface area contributed by atoms with E-state index in [2.05, 4.69) is 15.5 Å². The van der Waals surface area contributed by atoms with Crippen molar-refractivity contribution >= 4 is 23.6 Å². The number of hydrogen-bond acceptors (Lipinski definition) is 8. The molecule has 0 aliphatic carbocycles. The fourth-order valence-electron chi connectivity index (χ4n) is 3.05. The van der Waals surface area contributed by atoms with Crippen LogP contribution in [-0.2, 0) is 0 Å². The summed E-state index contributed by atoms with van der Waals surface area (Å²) in [5, 5.41) is 12.3. The summed E-state index contributed by atoms with van der Waals surface area (Å²) < 4.78 is 12.2. The molecule has 0 saturated heterocycles. The lowest BCUT2D eigenvalue weighted by Gasteiger charge is -2.14. The lowest BCUT2D eigenvalue weighted by atomic mass is 10.1. The molecule has 9 nitrogen and oxygen atoms in total. The van der Waals surface area contributed by atoms with E-state index in [0.29, 0.717) is 39.2 Å². The molecular weight excluding hydrogens is 394 g/mol. The average Bonchev–Trinajstić information content (AvgIpc) is 3.32. The number of tetrazole rings is 1. The van der Waals surface area contributed by atoms with Gasteiger partial charge in [-0.1, -0.05) is 23.9 Å². The van der Waals surface area contributed by atoms with Gasteiger partial charge in [0.05, 0.1) is 25.3 Å². The first kappa shape index (κ1) is 18.9. The summed E-state index contributed by atoms with van der Waals surface area (Å²) >= 11 is 1.34. The van der Waals surface area contributed by atoms with Gasteiger partial charge in [0.25, 0.3) is 11.8 Å². The van der Waals surface area contributed by atoms with Gasteiger partial charge in [0.2, 0.25) is 5.16 Å².